The van der Waals surface area contributed by atoms with Crippen LogP contribution in [-0.2, 0) is 23.8 Å². The molecule has 0 spiro atoms. The van der Waals surface area contributed by atoms with Gasteiger partial charge in [-0.3, -0.25) is 4.79 Å². The maximum Gasteiger partial charge on any atom is 0.337 e. The van der Waals surface area contributed by atoms with Gasteiger partial charge in [0.15, 0.2) is 17.3 Å². The number of carbonyl (C=O) groups is 2. The molecule has 33 heavy (non-hydrogen) atoms. The van der Waals surface area contributed by atoms with Gasteiger partial charge in [0.1, 0.15) is 18.3 Å². The largest absolute Gasteiger partial charge is 0.504 e. The highest BCUT2D eigenvalue weighted by atomic mass is 16.6. The average Bonchev–Trinajstić information content (AvgIpc) is 2.89. The third kappa shape index (κ3) is 6.71. The van der Waals surface area contributed by atoms with E-state index in [-0.39, 0.29) is 17.5 Å². The molecule has 0 unspecified atom stereocenters. The molecule has 7 heteroatoms. The number of benzene rings is 1. The van der Waals surface area contributed by atoms with E-state index in [1.807, 2.05) is 33.8 Å². The first-order valence-corrected chi connectivity index (χ1v) is 10.7. The summed E-state index contributed by atoms with van der Waals surface area (Å²) in [5.74, 6) is -0.450. The first-order valence-electron chi connectivity index (χ1n) is 10.7. The molecule has 1 heterocycles. The van der Waals surface area contributed by atoms with Gasteiger partial charge in [-0.2, -0.15) is 0 Å². The van der Waals surface area contributed by atoms with Crippen LogP contribution in [0.2, 0.25) is 0 Å². The standard InChI is InChI=1S/C26H34O7/c1-9-25(3,4)33-23-16-31-21-13-11-18(14-22(21)32-26(23,5)6)10-12-20(27)17(2)19(15-29-7)24(28)30-8/h9-15,17,23H,1,16H2,2-8H3/b12-10+,19-15+/t17-,23-/m1/s1. The molecular formula is C26H34O7. The van der Waals surface area contributed by atoms with Crippen LogP contribution >= 0.6 is 0 Å². The molecule has 1 aliphatic heterocycles. The van der Waals surface area contributed by atoms with E-state index in [9.17, 15) is 9.59 Å². The number of hydrogen-bond acceptors (Lipinski definition) is 7. The van der Waals surface area contributed by atoms with Crippen molar-refractivity contribution >= 4 is 17.8 Å². The molecule has 0 radical (unpaired) electrons. The highest BCUT2D eigenvalue weighted by Gasteiger charge is 2.39. The van der Waals surface area contributed by atoms with Crippen LogP contribution < -0.4 is 9.47 Å². The van der Waals surface area contributed by atoms with Crippen LogP contribution in [0.3, 0.4) is 0 Å². The second-order valence-corrected chi connectivity index (χ2v) is 8.89. The first kappa shape index (κ1) is 26.2. The monoisotopic (exact) mass is 458 g/mol. The Morgan fingerprint density at radius 3 is 2.55 bits per heavy atom. The third-order valence-corrected chi connectivity index (χ3v) is 5.44. The minimum absolute atomic E-state index is 0.142. The summed E-state index contributed by atoms with van der Waals surface area (Å²) in [6.45, 7) is 13.5. The predicted octanol–water partition coefficient (Wildman–Crippen LogP) is 4.51. The van der Waals surface area contributed by atoms with Crippen LogP contribution in [0.1, 0.15) is 40.2 Å². The van der Waals surface area contributed by atoms with Gasteiger partial charge in [0, 0.05) is 0 Å². The molecule has 2 atom stereocenters. The van der Waals surface area contributed by atoms with Crippen molar-refractivity contribution in [2.45, 2.75) is 51.9 Å². The van der Waals surface area contributed by atoms with Crippen LogP contribution in [0, 0.1) is 5.92 Å². The molecule has 1 aromatic carbocycles. The second kappa shape index (κ2) is 10.7. The van der Waals surface area contributed by atoms with Gasteiger partial charge in [-0.25, -0.2) is 4.79 Å². The summed E-state index contributed by atoms with van der Waals surface area (Å²) in [4.78, 5) is 24.5. The summed E-state index contributed by atoms with van der Waals surface area (Å²) in [5.41, 5.74) is -0.312. The van der Waals surface area contributed by atoms with Gasteiger partial charge in [-0.15, -0.1) is 6.58 Å². The van der Waals surface area contributed by atoms with E-state index in [1.165, 1.54) is 26.6 Å². The fourth-order valence-corrected chi connectivity index (χ4v) is 3.18. The quantitative estimate of drug-likeness (QED) is 0.233. The van der Waals surface area contributed by atoms with Crippen LogP contribution in [0.4, 0.5) is 0 Å². The highest BCUT2D eigenvalue weighted by molar-refractivity contribution is 6.03. The third-order valence-electron chi connectivity index (χ3n) is 5.44. The summed E-state index contributed by atoms with van der Waals surface area (Å²) >= 11 is 0. The Balaban J connectivity index is 2.21. The number of carbonyl (C=O) groups excluding carboxylic acids is 2. The highest BCUT2D eigenvalue weighted by Crippen LogP contribution is 2.37. The van der Waals surface area contributed by atoms with Gasteiger partial charge in [0.25, 0.3) is 0 Å². The minimum atomic E-state index is -0.723. The lowest BCUT2D eigenvalue weighted by molar-refractivity contribution is -0.137. The van der Waals surface area contributed by atoms with E-state index in [1.54, 1.807) is 31.2 Å². The summed E-state index contributed by atoms with van der Waals surface area (Å²) in [6.07, 6.45) is 5.72. The molecule has 180 valence electrons. The van der Waals surface area contributed by atoms with Crippen molar-refractivity contribution < 1.29 is 33.3 Å². The fraction of sp³-hybridized carbons (Fsp3) is 0.462. The smallest absolute Gasteiger partial charge is 0.337 e. The summed E-state index contributed by atoms with van der Waals surface area (Å²) < 4.78 is 28.0. The normalized spacial score (nSPS) is 18.9. The molecule has 0 bridgehead atoms. The molecule has 0 amide bonds. The fourth-order valence-electron chi connectivity index (χ4n) is 3.18. The number of ether oxygens (including phenoxy) is 5. The van der Waals surface area contributed by atoms with Gasteiger partial charge < -0.3 is 23.7 Å². The molecule has 0 aliphatic carbocycles. The minimum Gasteiger partial charge on any atom is -0.504 e. The number of rotatable bonds is 9. The van der Waals surface area contributed by atoms with E-state index < -0.39 is 23.1 Å². The van der Waals surface area contributed by atoms with Crippen LogP contribution in [0.5, 0.6) is 11.5 Å². The lowest BCUT2D eigenvalue weighted by Gasteiger charge is -2.36. The SMILES string of the molecule is C=CC(C)(C)O[C@@H]1COc2ccc(/C=C/C(=O)[C@H](C)/C(=C\OC)C(=O)OC)cc2OC1(C)C. The van der Waals surface area contributed by atoms with Crippen molar-refractivity contribution in [1.29, 1.82) is 0 Å². The van der Waals surface area contributed by atoms with Gasteiger partial charge in [0.2, 0.25) is 0 Å². The van der Waals surface area contributed by atoms with Crippen molar-refractivity contribution in [2.24, 2.45) is 5.92 Å². The number of allylic oxidation sites excluding steroid dienone is 1. The Hall–Kier alpha value is -3.06. The molecule has 7 nitrogen and oxygen atoms in total. The molecule has 2 rings (SSSR count). The maximum atomic E-state index is 12.6. The van der Waals surface area contributed by atoms with Gasteiger partial charge >= 0.3 is 5.97 Å². The number of fused-ring (bicyclic) bond motifs is 1. The van der Waals surface area contributed by atoms with E-state index in [4.69, 9.17) is 23.7 Å². The van der Waals surface area contributed by atoms with Crippen molar-refractivity contribution in [3.63, 3.8) is 0 Å². The molecule has 0 fully saturated rings. The molecule has 0 aromatic heterocycles. The number of ketones is 1. The van der Waals surface area contributed by atoms with Crippen LogP contribution in [0.15, 0.2) is 48.8 Å². The molecule has 0 N–H and O–H groups in total. The molecule has 0 saturated heterocycles. The Bertz CT molecular complexity index is 940. The Labute approximate surface area is 196 Å². The maximum absolute atomic E-state index is 12.6. The van der Waals surface area contributed by atoms with Gasteiger partial charge in [0.05, 0.1) is 37.6 Å². The summed E-state index contributed by atoms with van der Waals surface area (Å²) in [6, 6.07) is 5.42. The zero-order valence-corrected chi connectivity index (χ0v) is 20.5. The van der Waals surface area contributed by atoms with Gasteiger partial charge in [-0.05, 0) is 51.5 Å². The summed E-state index contributed by atoms with van der Waals surface area (Å²) in [5, 5.41) is 0. The van der Waals surface area contributed by atoms with Crippen molar-refractivity contribution in [2.75, 3.05) is 20.8 Å². The molecule has 1 aromatic rings. The van der Waals surface area contributed by atoms with E-state index in [0.717, 1.165) is 5.56 Å². The lowest BCUT2D eigenvalue weighted by Crippen LogP contribution is -2.49. The zero-order valence-electron chi connectivity index (χ0n) is 20.5. The average molecular weight is 459 g/mol. The van der Waals surface area contributed by atoms with E-state index in [0.29, 0.717) is 18.1 Å². The second-order valence-electron chi connectivity index (χ2n) is 8.89. The number of methoxy groups -OCH3 is 2. The predicted molar refractivity (Wildman–Crippen MR) is 126 cm³/mol. The molecule has 1 aliphatic rings. The van der Waals surface area contributed by atoms with Gasteiger partial charge in [-0.1, -0.05) is 25.1 Å². The Morgan fingerprint density at radius 2 is 1.94 bits per heavy atom. The zero-order chi connectivity index (χ0) is 24.8. The van der Waals surface area contributed by atoms with Crippen LogP contribution in [0.25, 0.3) is 6.08 Å². The van der Waals surface area contributed by atoms with E-state index in [2.05, 4.69) is 6.58 Å². The van der Waals surface area contributed by atoms with Crippen molar-refractivity contribution in [3.8, 4) is 11.5 Å². The Morgan fingerprint density at radius 1 is 1.24 bits per heavy atom. The number of hydrogen-bond donors (Lipinski definition) is 0. The van der Waals surface area contributed by atoms with E-state index >= 15 is 0 Å². The first-order chi connectivity index (χ1) is 15.4. The number of esters is 1. The topological polar surface area (TPSA) is 80.3 Å². The lowest BCUT2D eigenvalue weighted by atomic mass is 9.96. The van der Waals surface area contributed by atoms with Crippen molar-refractivity contribution in [3.05, 3.63) is 54.3 Å². The summed E-state index contributed by atoms with van der Waals surface area (Å²) in [7, 11) is 2.66. The molecular weight excluding hydrogens is 424 g/mol. The van der Waals surface area contributed by atoms with Crippen molar-refractivity contribution in [1.82, 2.24) is 0 Å². The Kier molecular flexibility index (Phi) is 8.50. The molecule has 0 saturated carbocycles. The van der Waals surface area contributed by atoms with Crippen LogP contribution in [-0.4, -0.2) is 49.9 Å².